The highest BCUT2D eigenvalue weighted by Gasteiger charge is 2.39. The van der Waals surface area contributed by atoms with Crippen molar-refractivity contribution in [2.45, 2.75) is 76.7 Å². The van der Waals surface area contributed by atoms with E-state index >= 15 is 0 Å². The first-order valence-electron chi connectivity index (χ1n) is 10.2. The molecule has 0 bridgehead atoms. The smallest absolute Gasteiger partial charge is 0.291 e. The normalized spacial score (nSPS) is 44.3. The van der Waals surface area contributed by atoms with Crippen LogP contribution in [0.4, 0.5) is 0 Å². The van der Waals surface area contributed by atoms with Gasteiger partial charge in [-0.25, -0.2) is 0 Å². The molecule has 2 saturated heterocycles. The molecular formula is C18H33N2O3P. The van der Waals surface area contributed by atoms with Crippen LogP contribution < -0.4 is 10.6 Å². The Bertz CT molecular complexity index is 408. The zero-order chi connectivity index (χ0) is 16.4. The monoisotopic (exact) mass is 356 g/mol. The highest BCUT2D eigenvalue weighted by molar-refractivity contribution is 7.33. The van der Waals surface area contributed by atoms with Crippen molar-refractivity contribution in [3.8, 4) is 0 Å². The Balaban J connectivity index is 1.32. The molecule has 4 rings (SSSR count). The lowest BCUT2D eigenvalue weighted by molar-refractivity contribution is -0.0226. The number of hydrogen-bond donors (Lipinski definition) is 2. The second-order valence-electron chi connectivity index (χ2n) is 8.23. The highest BCUT2D eigenvalue weighted by Crippen LogP contribution is 2.43. The molecule has 0 aromatic rings. The zero-order valence-corrected chi connectivity index (χ0v) is 15.7. The Morgan fingerprint density at radius 3 is 1.62 bits per heavy atom. The average Bonchev–Trinajstić information content (AvgIpc) is 2.62. The van der Waals surface area contributed by atoms with Crippen LogP contribution in [0.25, 0.3) is 0 Å². The van der Waals surface area contributed by atoms with Gasteiger partial charge < -0.3 is 0 Å². The lowest BCUT2D eigenvalue weighted by Crippen LogP contribution is -2.49. The quantitative estimate of drug-likeness (QED) is 0.753. The molecule has 2 N–H and O–H groups in total. The molecule has 6 heteroatoms. The largest absolute Gasteiger partial charge is 0.322 e. The van der Waals surface area contributed by atoms with Crippen LogP contribution in [-0.2, 0) is 13.6 Å². The molecule has 2 aliphatic carbocycles. The Labute approximate surface area is 146 Å². The van der Waals surface area contributed by atoms with Crippen LogP contribution >= 0.6 is 8.25 Å². The molecule has 4 fully saturated rings. The molecule has 24 heavy (non-hydrogen) atoms. The molecule has 138 valence electrons. The van der Waals surface area contributed by atoms with Crippen molar-refractivity contribution in [3.63, 3.8) is 0 Å². The SMILES string of the molecule is O=[PH](OC1NCCC2CCCCC21)OC1NCCC2CCCCC21. The summed E-state index contributed by atoms with van der Waals surface area (Å²) in [6.45, 7) is 1.96. The van der Waals surface area contributed by atoms with Crippen molar-refractivity contribution < 1.29 is 13.6 Å². The predicted molar refractivity (Wildman–Crippen MR) is 94.9 cm³/mol. The highest BCUT2D eigenvalue weighted by atomic mass is 31.1. The molecule has 2 saturated carbocycles. The molecular weight excluding hydrogens is 323 g/mol. The third-order valence-electron chi connectivity index (χ3n) is 6.88. The second kappa shape index (κ2) is 8.18. The topological polar surface area (TPSA) is 59.6 Å². The van der Waals surface area contributed by atoms with Crippen LogP contribution in [0, 0.1) is 23.7 Å². The number of fused-ring (bicyclic) bond motifs is 2. The molecule has 0 aromatic heterocycles. The van der Waals surface area contributed by atoms with E-state index in [9.17, 15) is 4.57 Å². The van der Waals surface area contributed by atoms with Crippen LogP contribution in [0.5, 0.6) is 0 Å². The van der Waals surface area contributed by atoms with Gasteiger partial charge in [-0.3, -0.25) is 24.2 Å². The average molecular weight is 356 g/mol. The van der Waals surface area contributed by atoms with Crippen molar-refractivity contribution >= 4 is 8.25 Å². The van der Waals surface area contributed by atoms with E-state index in [1.165, 1.54) is 64.2 Å². The first-order valence-corrected chi connectivity index (χ1v) is 11.4. The van der Waals surface area contributed by atoms with Crippen molar-refractivity contribution in [1.29, 1.82) is 0 Å². The van der Waals surface area contributed by atoms with Crippen molar-refractivity contribution in [3.05, 3.63) is 0 Å². The van der Waals surface area contributed by atoms with E-state index in [0.717, 1.165) is 24.9 Å². The van der Waals surface area contributed by atoms with E-state index < -0.39 is 8.25 Å². The molecule has 0 spiro atoms. The fraction of sp³-hybridized carbons (Fsp3) is 1.00. The van der Waals surface area contributed by atoms with Gasteiger partial charge in [0.05, 0.1) is 0 Å². The summed E-state index contributed by atoms with van der Waals surface area (Å²) >= 11 is 0. The molecule has 0 amide bonds. The molecule has 0 radical (unpaired) electrons. The van der Waals surface area contributed by atoms with Crippen molar-refractivity contribution in [2.24, 2.45) is 23.7 Å². The third kappa shape index (κ3) is 3.91. The van der Waals surface area contributed by atoms with Gasteiger partial charge in [0.25, 0.3) is 0 Å². The Morgan fingerprint density at radius 2 is 1.12 bits per heavy atom. The summed E-state index contributed by atoms with van der Waals surface area (Å²) < 4.78 is 24.4. The van der Waals surface area contributed by atoms with Gasteiger partial charge in [-0.1, -0.05) is 25.7 Å². The van der Waals surface area contributed by atoms with Gasteiger partial charge in [0.15, 0.2) is 0 Å². The molecule has 6 unspecified atom stereocenters. The Morgan fingerprint density at radius 1 is 0.667 bits per heavy atom. The van der Waals surface area contributed by atoms with Gasteiger partial charge in [-0.05, 0) is 63.5 Å². The minimum absolute atomic E-state index is 0.0683. The minimum atomic E-state index is -2.46. The summed E-state index contributed by atoms with van der Waals surface area (Å²) in [5.74, 6) is 2.53. The van der Waals surface area contributed by atoms with E-state index in [2.05, 4.69) is 10.6 Å². The lowest BCUT2D eigenvalue weighted by atomic mass is 9.75. The van der Waals surface area contributed by atoms with Gasteiger partial charge in [-0.15, -0.1) is 0 Å². The Hall–Kier alpha value is 0.0700. The second-order valence-corrected chi connectivity index (χ2v) is 9.20. The summed E-state index contributed by atoms with van der Waals surface area (Å²) in [5.41, 5.74) is 0. The number of hydrogen-bond acceptors (Lipinski definition) is 5. The van der Waals surface area contributed by atoms with E-state index in [1.54, 1.807) is 0 Å². The van der Waals surface area contributed by atoms with E-state index in [-0.39, 0.29) is 12.5 Å². The summed E-state index contributed by atoms with van der Waals surface area (Å²) in [6.07, 6.45) is 12.6. The minimum Gasteiger partial charge on any atom is -0.291 e. The maximum Gasteiger partial charge on any atom is 0.322 e. The van der Waals surface area contributed by atoms with Gasteiger partial charge in [0.1, 0.15) is 12.5 Å². The van der Waals surface area contributed by atoms with Crippen LogP contribution in [0.2, 0.25) is 0 Å². The van der Waals surface area contributed by atoms with Crippen LogP contribution in [0.1, 0.15) is 64.2 Å². The van der Waals surface area contributed by atoms with E-state index in [1.807, 2.05) is 0 Å². The zero-order valence-electron chi connectivity index (χ0n) is 14.7. The molecule has 0 aromatic carbocycles. The first-order chi connectivity index (χ1) is 11.8. The van der Waals surface area contributed by atoms with Crippen LogP contribution in [0.15, 0.2) is 0 Å². The van der Waals surface area contributed by atoms with Gasteiger partial charge in [0.2, 0.25) is 0 Å². The lowest BCUT2D eigenvalue weighted by Gasteiger charge is -2.43. The Kier molecular flexibility index (Phi) is 5.96. The number of nitrogens with one attached hydrogen (secondary N) is 2. The van der Waals surface area contributed by atoms with Crippen molar-refractivity contribution in [1.82, 2.24) is 10.6 Å². The molecule has 6 atom stereocenters. The number of rotatable bonds is 4. The molecule has 5 nitrogen and oxygen atoms in total. The first kappa shape index (κ1) is 17.5. The van der Waals surface area contributed by atoms with E-state index in [0.29, 0.717) is 11.8 Å². The standard InChI is InChI=1S/C18H33N2O3P/c21-24(22-17-15-7-3-1-5-13(15)9-11-19-17)23-18-16-8-4-2-6-14(16)10-12-20-18/h13-20,24H,1-12H2. The summed E-state index contributed by atoms with van der Waals surface area (Å²) in [6, 6.07) is 0. The number of piperidine rings is 2. The summed E-state index contributed by atoms with van der Waals surface area (Å²) in [7, 11) is -2.46. The maximum atomic E-state index is 12.6. The van der Waals surface area contributed by atoms with Crippen LogP contribution in [-0.4, -0.2) is 25.5 Å². The van der Waals surface area contributed by atoms with Crippen LogP contribution in [0.3, 0.4) is 0 Å². The molecule has 2 heterocycles. The molecule has 4 aliphatic rings. The predicted octanol–water partition coefficient (Wildman–Crippen LogP) is 3.66. The molecule has 2 aliphatic heterocycles. The van der Waals surface area contributed by atoms with Gasteiger partial charge in [-0.2, -0.15) is 0 Å². The van der Waals surface area contributed by atoms with Crippen molar-refractivity contribution in [2.75, 3.05) is 13.1 Å². The summed E-state index contributed by atoms with van der Waals surface area (Å²) in [4.78, 5) is 0. The maximum absolute atomic E-state index is 12.6. The summed E-state index contributed by atoms with van der Waals surface area (Å²) in [5, 5.41) is 6.89. The van der Waals surface area contributed by atoms with Gasteiger partial charge in [0, 0.05) is 11.8 Å². The fourth-order valence-corrected chi connectivity index (χ4v) is 6.59. The fourth-order valence-electron chi connectivity index (χ4n) is 5.60. The van der Waals surface area contributed by atoms with E-state index in [4.69, 9.17) is 9.05 Å². The third-order valence-corrected chi connectivity index (χ3v) is 7.77. The van der Waals surface area contributed by atoms with Gasteiger partial charge >= 0.3 is 8.25 Å².